The van der Waals surface area contributed by atoms with Gasteiger partial charge >= 0.3 is 0 Å². The number of pyridine rings is 1. The molecule has 1 aliphatic heterocycles. The molecule has 0 aliphatic carbocycles. The maximum Gasteiger partial charge on any atom is 0.251 e. The van der Waals surface area contributed by atoms with Gasteiger partial charge in [-0.1, -0.05) is 49.7 Å². The molecule has 0 bridgehead atoms. The van der Waals surface area contributed by atoms with Crippen molar-refractivity contribution in [1.82, 2.24) is 15.6 Å². The maximum absolute atomic E-state index is 13.0. The van der Waals surface area contributed by atoms with Crippen molar-refractivity contribution in [1.29, 1.82) is 5.26 Å². The molecule has 5 rings (SSSR count). The molecular weight excluding hydrogens is 935 g/mol. The first-order chi connectivity index (χ1) is 33.2. The average Bonchev–Trinajstić information content (AvgIpc) is 3.34. The number of nitrogens with zero attached hydrogens (tertiary/aromatic N) is 3. The maximum atomic E-state index is 13.0. The van der Waals surface area contributed by atoms with Crippen LogP contribution in [0.25, 0.3) is 11.1 Å². The topological polar surface area (TPSA) is 180 Å². The molecule has 0 saturated heterocycles. The van der Waals surface area contributed by atoms with Crippen LogP contribution in [-0.2, 0) is 50.9 Å². The Bertz CT molecular complexity index is 2190. The van der Waals surface area contributed by atoms with Gasteiger partial charge in [0.2, 0.25) is 11.8 Å². The summed E-state index contributed by atoms with van der Waals surface area (Å²) in [6.45, 7) is 11.7. The number of nitrogens with one attached hydrogen (secondary N) is 2. The number of carbonyl (C=O) groups excluding carboxylic acids is 3. The van der Waals surface area contributed by atoms with E-state index in [1.807, 2.05) is 71.6 Å². The smallest absolute Gasteiger partial charge is 0.251 e. The van der Waals surface area contributed by atoms with Crippen LogP contribution in [0.2, 0.25) is 0 Å². The minimum absolute atomic E-state index is 0.0607. The fourth-order valence-corrected chi connectivity index (χ4v) is 8.01. The van der Waals surface area contributed by atoms with Gasteiger partial charge in [0.1, 0.15) is 22.9 Å². The van der Waals surface area contributed by atoms with Crippen LogP contribution in [0.3, 0.4) is 0 Å². The number of hydrogen-bond donors (Lipinski definition) is 2. The van der Waals surface area contributed by atoms with Gasteiger partial charge in [-0.25, -0.2) is 4.98 Å². The van der Waals surface area contributed by atoms with Crippen LogP contribution in [0, 0.1) is 17.2 Å². The number of anilines is 1. The lowest BCUT2D eigenvalue weighted by Crippen LogP contribution is -2.40. The van der Waals surface area contributed by atoms with Crippen molar-refractivity contribution in [3.8, 4) is 22.9 Å². The summed E-state index contributed by atoms with van der Waals surface area (Å²) in [6, 6.07) is 28.9. The molecule has 0 radical (unpaired) electrons. The number of carbonyl (C=O) groups is 3. The van der Waals surface area contributed by atoms with Crippen LogP contribution in [0.15, 0.2) is 89.5 Å². The molecule has 0 saturated carbocycles. The Morgan fingerprint density at radius 3 is 1.94 bits per heavy atom. The third-order valence-electron chi connectivity index (χ3n) is 11.2. The summed E-state index contributed by atoms with van der Waals surface area (Å²) in [6.07, 6.45) is 3.70. The molecule has 16 heteroatoms. The third kappa shape index (κ3) is 18.3. The van der Waals surface area contributed by atoms with E-state index < -0.39 is 5.92 Å². The molecule has 68 heavy (non-hydrogen) atoms. The number of aromatic nitrogens is 1. The second-order valence-electron chi connectivity index (χ2n) is 16.2. The van der Waals surface area contributed by atoms with Crippen molar-refractivity contribution in [3.63, 3.8) is 0 Å². The van der Waals surface area contributed by atoms with Gasteiger partial charge in [0, 0.05) is 42.9 Å². The second kappa shape index (κ2) is 30.3. The normalized spacial score (nSPS) is 14.1. The highest BCUT2D eigenvalue weighted by molar-refractivity contribution is 9.10. The summed E-state index contributed by atoms with van der Waals surface area (Å²) < 4.78 is 39.9. The van der Waals surface area contributed by atoms with Crippen LogP contribution in [0.5, 0.6) is 5.75 Å². The van der Waals surface area contributed by atoms with Crippen LogP contribution in [0.1, 0.15) is 73.3 Å². The molecule has 3 amide bonds. The molecule has 3 atom stereocenters. The van der Waals surface area contributed by atoms with Gasteiger partial charge in [0.25, 0.3) is 5.91 Å². The van der Waals surface area contributed by atoms with E-state index in [-0.39, 0.29) is 36.2 Å². The Morgan fingerprint density at radius 1 is 0.779 bits per heavy atom. The van der Waals surface area contributed by atoms with E-state index in [1.165, 1.54) is 5.56 Å². The van der Waals surface area contributed by atoms with E-state index >= 15 is 0 Å². The number of amides is 3. The quantitative estimate of drug-likeness (QED) is 0.0377. The van der Waals surface area contributed by atoms with E-state index in [0.717, 1.165) is 48.1 Å². The van der Waals surface area contributed by atoms with Crippen molar-refractivity contribution >= 4 is 39.3 Å². The highest BCUT2D eigenvalue weighted by Crippen LogP contribution is 2.34. The van der Waals surface area contributed by atoms with Crippen LogP contribution in [-0.4, -0.2) is 121 Å². The first-order valence-electron chi connectivity index (χ1n) is 23.5. The van der Waals surface area contributed by atoms with Crippen LogP contribution < -0.4 is 20.3 Å². The molecule has 15 nitrogen and oxygen atoms in total. The van der Waals surface area contributed by atoms with E-state index in [4.69, 9.17) is 33.2 Å². The predicted octanol–water partition coefficient (Wildman–Crippen LogP) is 7.45. The number of nitriles is 1. The fraction of sp³-hybridized carbons (Fsp3) is 0.481. The largest absolute Gasteiger partial charge is 0.491 e. The van der Waals surface area contributed by atoms with E-state index in [0.29, 0.717) is 114 Å². The molecular formula is C52H66BrN5O10. The van der Waals surface area contributed by atoms with Crippen molar-refractivity contribution in [2.75, 3.05) is 97.3 Å². The predicted molar refractivity (Wildman–Crippen MR) is 263 cm³/mol. The van der Waals surface area contributed by atoms with Crippen molar-refractivity contribution < 1.29 is 47.5 Å². The van der Waals surface area contributed by atoms with Crippen LogP contribution >= 0.6 is 15.9 Å². The molecule has 1 aromatic heterocycles. The number of halogens is 1. The standard InChI is InChI=1S/C52H66BrN5O10/c1-4-6-48(57-52(61)45(37-54)36-46-7-5-8-50(53)56-46)41-15-18-47(19-16-41)68-34-33-67-32-31-66-30-29-65-28-27-64-26-25-63-24-23-62-22-21-55-51(60)42-13-11-40(12-14-42)43-17-20-49-44(35-43)10-9-38(2)58(49)39(3)59/h5,7-8,11-20,35,38,45,48H,4,6,9-10,21-34,36H2,1-3H3,(H,55,60)(H,57,61)/t38-,45?,48?/m0/s1. The number of aryl methyl sites for hydroxylation is 1. The first kappa shape index (κ1) is 53.7. The summed E-state index contributed by atoms with van der Waals surface area (Å²) in [5, 5.41) is 15.6. The van der Waals surface area contributed by atoms with E-state index in [1.54, 1.807) is 19.1 Å². The van der Waals surface area contributed by atoms with Crippen LogP contribution in [0.4, 0.5) is 5.69 Å². The molecule has 2 unspecified atom stereocenters. The molecule has 366 valence electrons. The highest BCUT2D eigenvalue weighted by Gasteiger charge is 2.26. The molecule has 0 fully saturated rings. The zero-order valence-corrected chi connectivity index (χ0v) is 41.1. The first-order valence-corrected chi connectivity index (χ1v) is 24.3. The van der Waals surface area contributed by atoms with Gasteiger partial charge in [0.15, 0.2) is 0 Å². The van der Waals surface area contributed by atoms with Gasteiger partial charge in [-0.3, -0.25) is 14.4 Å². The Labute approximate surface area is 409 Å². The highest BCUT2D eigenvalue weighted by atomic mass is 79.9. The summed E-state index contributed by atoms with van der Waals surface area (Å²) in [7, 11) is 0. The minimum Gasteiger partial charge on any atom is -0.491 e. The lowest BCUT2D eigenvalue weighted by atomic mass is 9.93. The molecule has 2 heterocycles. The molecule has 2 N–H and O–H groups in total. The monoisotopic (exact) mass is 999 g/mol. The zero-order valence-electron chi connectivity index (χ0n) is 39.6. The summed E-state index contributed by atoms with van der Waals surface area (Å²) in [5.74, 6) is -0.559. The lowest BCUT2D eigenvalue weighted by molar-refractivity contribution is -0.124. The van der Waals surface area contributed by atoms with Crippen molar-refractivity contribution in [3.05, 3.63) is 112 Å². The van der Waals surface area contributed by atoms with E-state index in [9.17, 15) is 19.6 Å². The summed E-state index contributed by atoms with van der Waals surface area (Å²) in [5.41, 5.74) is 6.43. The second-order valence-corrected chi connectivity index (χ2v) is 17.0. The fourth-order valence-electron chi connectivity index (χ4n) is 7.63. The van der Waals surface area contributed by atoms with E-state index in [2.05, 4.69) is 57.5 Å². The average molecular weight is 1000 g/mol. The Balaban J connectivity index is 0.788. The molecule has 4 aromatic rings. The summed E-state index contributed by atoms with van der Waals surface area (Å²) >= 11 is 3.34. The number of ether oxygens (including phenoxy) is 7. The Morgan fingerprint density at radius 2 is 1.37 bits per heavy atom. The Hall–Kier alpha value is -5.25. The third-order valence-corrected chi connectivity index (χ3v) is 11.6. The number of rotatable bonds is 31. The molecule has 1 aliphatic rings. The number of benzene rings is 3. The van der Waals surface area contributed by atoms with Gasteiger partial charge in [-0.2, -0.15) is 5.26 Å². The SMILES string of the molecule is CCCC(NC(=O)C(C#N)Cc1cccc(Br)n1)c1ccc(OCCOCCOCCOCCOCCOCCOCCNC(=O)c2ccc(-c3ccc4c(c3)CC[C@H](C)N4C(C)=O)cc2)cc1. The number of hydrogen-bond acceptors (Lipinski definition) is 12. The van der Waals surface area contributed by atoms with Gasteiger partial charge in [-0.05, 0) is 113 Å². The molecule has 0 spiro atoms. The number of fused-ring (bicyclic) bond motifs is 1. The minimum atomic E-state index is -0.845. The zero-order chi connectivity index (χ0) is 48.4. The van der Waals surface area contributed by atoms with Gasteiger partial charge < -0.3 is 48.7 Å². The Kier molecular flexibility index (Phi) is 23.9. The van der Waals surface area contributed by atoms with Gasteiger partial charge in [0.05, 0.1) is 91.4 Å². The lowest BCUT2D eigenvalue weighted by Gasteiger charge is -2.34. The molecule has 3 aromatic carbocycles. The van der Waals surface area contributed by atoms with Gasteiger partial charge in [-0.15, -0.1) is 0 Å². The van der Waals surface area contributed by atoms with Crippen molar-refractivity contribution in [2.24, 2.45) is 5.92 Å². The summed E-state index contributed by atoms with van der Waals surface area (Å²) in [4.78, 5) is 44.1. The van der Waals surface area contributed by atoms with Crippen molar-refractivity contribution in [2.45, 2.75) is 65.0 Å².